The molecule has 1 aromatic carbocycles. The van der Waals surface area contributed by atoms with Crippen LogP contribution in [0.4, 0.5) is 5.69 Å². The number of piperidine rings is 1. The third-order valence-electron chi connectivity index (χ3n) is 3.81. The minimum Gasteiger partial charge on any atom is -0.311 e. The lowest BCUT2D eigenvalue weighted by Gasteiger charge is -2.33. The fourth-order valence-corrected chi connectivity index (χ4v) is 2.95. The maximum atomic E-state index is 12.6. The lowest BCUT2D eigenvalue weighted by molar-refractivity contribution is -0.121. The van der Waals surface area contributed by atoms with Gasteiger partial charge in [0.2, 0.25) is 5.91 Å². The third kappa shape index (κ3) is 3.23. The van der Waals surface area contributed by atoms with Crippen molar-refractivity contribution in [1.29, 1.82) is 0 Å². The number of anilines is 1. The van der Waals surface area contributed by atoms with E-state index >= 15 is 0 Å². The standard InChI is InChI=1S/C16H23BrN2O/c1-4-7-18-14-6-5-8-19(16(14)20)13-9-11(2)15(17)12(3)10-13/h9-10,14,18H,4-8H2,1-3H3. The van der Waals surface area contributed by atoms with Gasteiger partial charge >= 0.3 is 0 Å². The SMILES string of the molecule is CCCNC1CCCN(c2cc(C)c(Br)c(C)c2)C1=O. The molecular formula is C16H23BrN2O. The summed E-state index contributed by atoms with van der Waals surface area (Å²) in [5.74, 6) is 0.214. The number of rotatable bonds is 4. The molecule has 0 saturated carbocycles. The van der Waals surface area contributed by atoms with Crippen molar-refractivity contribution in [2.45, 2.75) is 46.1 Å². The largest absolute Gasteiger partial charge is 0.311 e. The molecule has 20 heavy (non-hydrogen) atoms. The summed E-state index contributed by atoms with van der Waals surface area (Å²) in [7, 11) is 0. The van der Waals surface area contributed by atoms with Gasteiger partial charge in [0, 0.05) is 16.7 Å². The fraction of sp³-hybridized carbons (Fsp3) is 0.562. The summed E-state index contributed by atoms with van der Waals surface area (Å²) in [6.45, 7) is 8.00. The summed E-state index contributed by atoms with van der Waals surface area (Å²) in [6.07, 6.45) is 3.06. The van der Waals surface area contributed by atoms with Gasteiger partial charge in [0.1, 0.15) is 0 Å². The molecule has 1 fully saturated rings. The predicted octanol–water partition coefficient (Wildman–Crippen LogP) is 3.56. The van der Waals surface area contributed by atoms with Gasteiger partial charge in [-0.25, -0.2) is 0 Å². The molecule has 1 aliphatic rings. The quantitative estimate of drug-likeness (QED) is 0.910. The first-order valence-electron chi connectivity index (χ1n) is 7.36. The molecule has 1 saturated heterocycles. The van der Waals surface area contributed by atoms with E-state index in [-0.39, 0.29) is 11.9 Å². The van der Waals surface area contributed by atoms with Crippen molar-refractivity contribution in [1.82, 2.24) is 5.32 Å². The molecule has 1 unspecified atom stereocenters. The highest BCUT2D eigenvalue weighted by Crippen LogP contribution is 2.29. The number of hydrogen-bond donors (Lipinski definition) is 1. The number of amides is 1. The van der Waals surface area contributed by atoms with Crippen LogP contribution in [0.5, 0.6) is 0 Å². The Kier molecular flexibility index (Phi) is 5.22. The molecule has 0 spiro atoms. The van der Waals surface area contributed by atoms with E-state index in [1.165, 1.54) is 11.1 Å². The Hall–Kier alpha value is -0.870. The first kappa shape index (κ1) is 15.5. The molecule has 1 amide bonds. The van der Waals surface area contributed by atoms with E-state index in [2.05, 4.69) is 54.2 Å². The Labute approximate surface area is 129 Å². The molecule has 1 aliphatic heterocycles. The molecule has 110 valence electrons. The topological polar surface area (TPSA) is 32.3 Å². The van der Waals surface area contributed by atoms with Crippen LogP contribution >= 0.6 is 15.9 Å². The van der Waals surface area contributed by atoms with Gasteiger partial charge in [-0.2, -0.15) is 0 Å². The zero-order valence-electron chi connectivity index (χ0n) is 12.5. The number of benzene rings is 1. The molecule has 1 atom stereocenters. The Morgan fingerprint density at radius 3 is 2.60 bits per heavy atom. The lowest BCUT2D eigenvalue weighted by Crippen LogP contribution is -2.51. The molecule has 0 aromatic heterocycles. The number of nitrogens with zero attached hydrogens (tertiary/aromatic N) is 1. The Morgan fingerprint density at radius 1 is 1.35 bits per heavy atom. The van der Waals surface area contributed by atoms with Crippen LogP contribution < -0.4 is 10.2 Å². The molecule has 1 aromatic rings. The van der Waals surface area contributed by atoms with Crippen LogP contribution in [0.25, 0.3) is 0 Å². The highest BCUT2D eigenvalue weighted by molar-refractivity contribution is 9.10. The van der Waals surface area contributed by atoms with Gasteiger partial charge in [-0.3, -0.25) is 4.79 Å². The smallest absolute Gasteiger partial charge is 0.244 e. The van der Waals surface area contributed by atoms with Gasteiger partial charge in [-0.1, -0.05) is 22.9 Å². The minimum absolute atomic E-state index is 0.0204. The first-order chi connectivity index (χ1) is 9.54. The third-order valence-corrected chi connectivity index (χ3v) is 5.06. The van der Waals surface area contributed by atoms with E-state index in [0.717, 1.165) is 42.5 Å². The molecule has 2 rings (SSSR count). The van der Waals surface area contributed by atoms with E-state index in [9.17, 15) is 4.79 Å². The highest BCUT2D eigenvalue weighted by Gasteiger charge is 2.29. The molecule has 1 heterocycles. The van der Waals surface area contributed by atoms with Crippen LogP contribution in [0.3, 0.4) is 0 Å². The summed E-state index contributed by atoms with van der Waals surface area (Å²) >= 11 is 3.58. The maximum absolute atomic E-state index is 12.6. The number of aryl methyl sites for hydroxylation is 2. The van der Waals surface area contributed by atoms with Crippen LogP contribution in [0.2, 0.25) is 0 Å². The van der Waals surface area contributed by atoms with Gasteiger partial charge in [-0.15, -0.1) is 0 Å². The normalized spacial score (nSPS) is 19.5. The van der Waals surface area contributed by atoms with Crippen LogP contribution in [0, 0.1) is 13.8 Å². The summed E-state index contributed by atoms with van der Waals surface area (Å²) in [5.41, 5.74) is 3.38. The summed E-state index contributed by atoms with van der Waals surface area (Å²) in [5, 5.41) is 3.36. The minimum atomic E-state index is -0.0204. The summed E-state index contributed by atoms with van der Waals surface area (Å²) in [4.78, 5) is 14.5. The Balaban J connectivity index is 2.21. The predicted molar refractivity (Wildman–Crippen MR) is 87.3 cm³/mol. The molecular weight excluding hydrogens is 316 g/mol. The van der Waals surface area contributed by atoms with Crippen LogP contribution in [0.1, 0.15) is 37.3 Å². The summed E-state index contributed by atoms with van der Waals surface area (Å²) in [6, 6.07) is 4.17. The number of hydrogen-bond acceptors (Lipinski definition) is 2. The fourth-order valence-electron chi connectivity index (χ4n) is 2.72. The van der Waals surface area contributed by atoms with Crippen molar-refractivity contribution in [2.24, 2.45) is 0 Å². The van der Waals surface area contributed by atoms with Gasteiger partial charge in [0.25, 0.3) is 0 Å². The average molecular weight is 339 g/mol. The number of nitrogens with one attached hydrogen (secondary N) is 1. The van der Waals surface area contributed by atoms with Crippen molar-refractivity contribution in [3.8, 4) is 0 Å². The van der Waals surface area contributed by atoms with Crippen LogP contribution in [0.15, 0.2) is 16.6 Å². The number of carbonyl (C=O) groups is 1. The van der Waals surface area contributed by atoms with Gasteiger partial charge in [0.15, 0.2) is 0 Å². The van der Waals surface area contributed by atoms with E-state index in [1.54, 1.807) is 0 Å². The van der Waals surface area contributed by atoms with Crippen molar-refractivity contribution in [3.63, 3.8) is 0 Å². The van der Waals surface area contributed by atoms with Crippen molar-refractivity contribution in [2.75, 3.05) is 18.0 Å². The molecule has 3 nitrogen and oxygen atoms in total. The van der Waals surface area contributed by atoms with Crippen molar-refractivity contribution in [3.05, 3.63) is 27.7 Å². The molecule has 4 heteroatoms. The van der Waals surface area contributed by atoms with Crippen molar-refractivity contribution < 1.29 is 4.79 Å². The maximum Gasteiger partial charge on any atom is 0.244 e. The van der Waals surface area contributed by atoms with Gasteiger partial charge in [-0.05, 0) is 62.9 Å². The van der Waals surface area contributed by atoms with Gasteiger partial charge in [0.05, 0.1) is 6.04 Å². The second-order valence-corrected chi connectivity index (χ2v) is 6.33. The Bertz CT molecular complexity index is 478. The second-order valence-electron chi connectivity index (χ2n) is 5.53. The zero-order valence-corrected chi connectivity index (χ0v) is 14.1. The van der Waals surface area contributed by atoms with E-state index in [4.69, 9.17) is 0 Å². The molecule has 0 bridgehead atoms. The number of halogens is 1. The van der Waals surface area contributed by atoms with E-state index in [0.29, 0.717) is 0 Å². The molecule has 0 aliphatic carbocycles. The highest BCUT2D eigenvalue weighted by atomic mass is 79.9. The first-order valence-corrected chi connectivity index (χ1v) is 8.15. The zero-order chi connectivity index (χ0) is 14.7. The summed E-state index contributed by atoms with van der Waals surface area (Å²) < 4.78 is 1.13. The van der Waals surface area contributed by atoms with E-state index < -0.39 is 0 Å². The molecule has 0 radical (unpaired) electrons. The van der Waals surface area contributed by atoms with Crippen molar-refractivity contribution >= 4 is 27.5 Å². The molecule has 1 N–H and O–H groups in total. The second kappa shape index (κ2) is 6.72. The Morgan fingerprint density at radius 2 is 2.00 bits per heavy atom. The van der Waals surface area contributed by atoms with E-state index in [1.807, 2.05) is 4.90 Å². The average Bonchev–Trinajstić information content (AvgIpc) is 2.43. The van der Waals surface area contributed by atoms with Gasteiger partial charge < -0.3 is 10.2 Å². The monoisotopic (exact) mass is 338 g/mol. The number of carbonyl (C=O) groups excluding carboxylic acids is 1. The van der Waals surface area contributed by atoms with Crippen LogP contribution in [-0.2, 0) is 4.79 Å². The lowest BCUT2D eigenvalue weighted by atomic mass is 10.0. The van der Waals surface area contributed by atoms with Crippen LogP contribution in [-0.4, -0.2) is 25.0 Å².